The highest BCUT2D eigenvalue weighted by atomic mass is 28.4. The molecule has 1 saturated heterocycles. The van der Waals surface area contributed by atoms with E-state index in [1.54, 1.807) is 0 Å². The minimum absolute atomic E-state index is 0.320. The van der Waals surface area contributed by atoms with Crippen molar-refractivity contribution in [1.82, 2.24) is 0 Å². The van der Waals surface area contributed by atoms with Gasteiger partial charge in [0.05, 0.1) is 6.61 Å². The Balaban J connectivity index is 3.26. The smallest absolute Gasteiger partial charge is 0.184 e. The molecule has 0 unspecified atom stereocenters. The standard InChI is InChI=1S/C18H44O6Si4/c1-25(2,3)20-13-14-15(22-26(4,5)6)16(23-27(7,8)9)17(18(19)21-14)24-28(10,11)12/h14-19H,13H2,1-12H3/t14-,15-,16-,17+,18-/m1/s1. The molecule has 1 rings (SSSR count). The van der Waals surface area contributed by atoms with Gasteiger partial charge in [0.2, 0.25) is 0 Å². The Morgan fingerprint density at radius 3 is 1.39 bits per heavy atom. The van der Waals surface area contributed by atoms with Crippen molar-refractivity contribution in [3.05, 3.63) is 0 Å². The highest BCUT2D eigenvalue weighted by Crippen LogP contribution is 2.33. The molecule has 5 atom stereocenters. The number of hydrogen-bond acceptors (Lipinski definition) is 6. The van der Waals surface area contributed by atoms with Gasteiger partial charge in [-0.3, -0.25) is 0 Å². The van der Waals surface area contributed by atoms with Gasteiger partial charge in [-0.05, 0) is 78.6 Å². The molecule has 0 radical (unpaired) electrons. The zero-order valence-corrected chi connectivity index (χ0v) is 24.1. The van der Waals surface area contributed by atoms with Crippen molar-refractivity contribution in [2.45, 2.75) is 109 Å². The van der Waals surface area contributed by atoms with Crippen LogP contribution in [0.3, 0.4) is 0 Å². The molecule has 1 fully saturated rings. The van der Waals surface area contributed by atoms with Gasteiger partial charge in [-0.15, -0.1) is 0 Å². The Hall–Kier alpha value is 0.628. The lowest BCUT2D eigenvalue weighted by Gasteiger charge is -2.49. The van der Waals surface area contributed by atoms with Gasteiger partial charge in [0.25, 0.3) is 0 Å². The van der Waals surface area contributed by atoms with Crippen LogP contribution in [0.2, 0.25) is 78.6 Å². The topological polar surface area (TPSA) is 66.4 Å². The van der Waals surface area contributed by atoms with Gasteiger partial charge in [-0.1, -0.05) is 0 Å². The third kappa shape index (κ3) is 10.1. The normalized spacial score (nSPS) is 30.5. The summed E-state index contributed by atoms with van der Waals surface area (Å²) in [5, 5.41) is 10.8. The molecule has 1 aliphatic rings. The molecule has 1 N–H and O–H groups in total. The zero-order valence-electron chi connectivity index (χ0n) is 20.1. The van der Waals surface area contributed by atoms with Crippen molar-refractivity contribution < 1.29 is 27.5 Å². The van der Waals surface area contributed by atoms with E-state index in [2.05, 4.69) is 78.6 Å². The van der Waals surface area contributed by atoms with Crippen LogP contribution in [0, 0.1) is 0 Å². The molecule has 28 heavy (non-hydrogen) atoms. The summed E-state index contributed by atoms with van der Waals surface area (Å²) < 4.78 is 31.7. The SMILES string of the molecule is C[Si](C)(C)OC[C@H]1O[C@@H](O)[C@@H](O[Si](C)(C)C)[C@H](O[Si](C)(C)C)[C@@H]1O[Si](C)(C)C. The predicted molar refractivity (Wildman–Crippen MR) is 125 cm³/mol. The van der Waals surface area contributed by atoms with E-state index in [4.69, 9.17) is 22.4 Å². The van der Waals surface area contributed by atoms with Gasteiger partial charge in [-0.25, -0.2) is 0 Å². The van der Waals surface area contributed by atoms with E-state index in [1.165, 1.54) is 0 Å². The third-order valence-corrected chi connectivity index (χ3v) is 7.73. The Morgan fingerprint density at radius 2 is 1.00 bits per heavy atom. The number of hydrogen-bond donors (Lipinski definition) is 1. The molecule has 6 nitrogen and oxygen atoms in total. The molecular weight excluding hydrogens is 425 g/mol. The third-order valence-electron chi connectivity index (χ3n) is 3.76. The van der Waals surface area contributed by atoms with Crippen LogP contribution < -0.4 is 0 Å². The number of aliphatic hydroxyl groups excluding tert-OH is 1. The average molecular weight is 469 g/mol. The lowest BCUT2D eigenvalue weighted by molar-refractivity contribution is -0.274. The van der Waals surface area contributed by atoms with Crippen LogP contribution in [0.1, 0.15) is 0 Å². The highest BCUT2D eigenvalue weighted by Gasteiger charge is 2.51. The minimum atomic E-state index is -1.94. The fraction of sp³-hybridized carbons (Fsp3) is 1.00. The summed E-state index contributed by atoms with van der Waals surface area (Å²) >= 11 is 0. The summed E-state index contributed by atoms with van der Waals surface area (Å²) in [4.78, 5) is 0. The van der Waals surface area contributed by atoms with E-state index in [-0.39, 0.29) is 18.3 Å². The molecular formula is C18H44O6Si4. The minimum Gasteiger partial charge on any atom is -0.415 e. The molecule has 0 spiro atoms. The van der Waals surface area contributed by atoms with Crippen molar-refractivity contribution in [2.75, 3.05) is 6.61 Å². The summed E-state index contributed by atoms with van der Waals surface area (Å²) in [7, 11) is -7.50. The van der Waals surface area contributed by atoms with Gasteiger partial charge in [0.1, 0.15) is 24.4 Å². The summed E-state index contributed by atoms with van der Waals surface area (Å²) in [5.74, 6) is 0. The van der Waals surface area contributed by atoms with Gasteiger partial charge in [0.15, 0.2) is 39.6 Å². The fourth-order valence-corrected chi connectivity index (χ4v) is 6.91. The van der Waals surface area contributed by atoms with E-state index < -0.39 is 45.7 Å². The monoisotopic (exact) mass is 468 g/mol. The molecule has 0 aromatic rings. The van der Waals surface area contributed by atoms with E-state index >= 15 is 0 Å². The van der Waals surface area contributed by atoms with E-state index in [0.717, 1.165) is 0 Å². The van der Waals surface area contributed by atoms with Crippen LogP contribution in [0.15, 0.2) is 0 Å². The molecule has 1 heterocycles. The first-order valence-corrected chi connectivity index (χ1v) is 23.9. The summed E-state index contributed by atoms with van der Waals surface area (Å²) in [5.41, 5.74) is 0. The van der Waals surface area contributed by atoms with Crippen LogP contribution in [-0.4, -0.2) is 75.7 Å². The van der Waals surface area contributed by atoms with E-state index in [9.17, 15) is 5.11 Å². The van der Waals surface area contributed by atoms with Gasteiger partial charge < -0.3 is 27.5 Å². The Kier molecular flexibility index (Phi) is 8.96. The Labute approximate surface area is 176 Å². The second kappa shape index (κ2) is 9.41. The Bertz CT molecular complexity index is 492. The van der Waals surface area contributed by atoms with Crippen molar-refractivity contribution in [3.8, 4) is 0 Å². The predicted octanol–water partition coefficient (Wildman–Crippen LogP) is 4.22. The van der Waals surface area contributed by atoms with Gasteiger partial charge >= 0.3 is 0 Å². The number of rotatable bonds is 9. The molecule has 0 aromatic carbocycles. The van der Waals surface area contributed by atoms with Crippen LogP contribution in [-0.2, 0) is 22.4 Å². The highest BCUT2D eigenvalue weighted by molar-refractivity contribution is 6.71. The van der Waals surface area contributed by atoms with Crippen LogP contribution in [0.5, 0.6) is 0 Å². The van der Waals surface area contributed by atoms with Crippen molar-refractivity contribution in [3.63, 3.8) is 0 Å². The second-order valence-electron chi connectivity index (χ2n) is 11.6. The first-order chi connectivity index (χ1) is 12.3. The molecule has 0 bridgehead atoms. The van der Waals surface area contributed by atoms with Crippen molar-refractivity contribution in [2.24, 2.45) is 0 Å². The van der Waals surface area contributed by atoms with Crippen LogP contribution in [0.25, 0.3) is 0 Å². The molecule has 0 saturated carbocycles. The molecule has 0 aliphatic carbocycles. The summed E-state index contributed by atoms with van der Waals surface area (Å²) in [6.45, 7) is 26.1. The number of ether oxygens (including phenoxy) is 1. The fourth-order valence-electron chi connectivity index (χ4n) is 2.99. The van der Waals surface area contributed by atoms with E-state index in [1.807, 2.05) is 0 Å². The first kappa shape index (κ1) is 26.7. The summed E-state index contributed by atoms with van der Waals surface area (Å²) in [6, 6.07) is 0. The Morgan fingerprint density at radius 1 is 0.607 bits per heavy atom. The van der Waals surface area contributed by atoms with E-state index in [0.29, 0.717) is 6.61 Å². The lowest BCUT2D eigenvalue weighted by Crippen LogP contribution is -2.66. The zero-order chi connectivity index (χ0) is 22.1. The maximum Gasteiger partial charge on any atom is 0.184 e. The summed E-state index contributed by atoms with van der Waals surface area (Å²) in [6.07, 6.45) is -2.67. The largest absolute Gasteiger partial charge is 0.415 e. The lowest BCUT2D eigenvalue weighted by atomic mass is 9.99. The molecule has 1 aliphatic heterocycles. The van der Waals surface area contributed by atoms with Crippen molar-refractivity contribution >= 4 is 33.3 Å². The molecule has 168 valence electrons. The molecule has 0 aromatic heterocycles. The van der Waals surface area contributed by atoms with Gasteiger partial charge in [0, 0.05) is 0 Å². The van der Waals surface area contributed by atoms with Gasteiger partial charge in [-0.2, -0.15) is 0 Å². The molecule has 10 heteroatoms. The quantitative estimate of drug-likeness (QED) is 0.511. The molecule has 0 amide bonds. The first-order valence-electron chi connectivity index (χ1n) is 10.3. The van der Waals surface area contributed by atoms with Crippen LogP contribution in [0.4, 0.5) is 0 Å². The number of aliphatic hydroxyl groups is 1. The average Bonchev–Trinajstić information content (AvgIpc) is 2.39. The second-order valence-corrected chi connectivity index (χ2v) is 29.5. The van der Waals surface area contributed by atoms with Crippen molar-refractivity contribution in [1.29, 1.82) is 0 Å². The maximum absolute atomic E-state index is 10.8. The van der Waals surface area contributed by atoms with Crippen LogP contribution >= 0.6 is 0 Å². The maximum atomic E-state index is 10.8.